The predicted octanol–water partition coefficient (Wildman–Crippen LogP) is 2.08. The Labute approximate surface area is 120 Å². The number of carbonyl (C=O) groups is 1. The van der Waals surface area contributed by atoms with Gasteiger partial charge in [0, 0.05) is 18.2 Å². The van der Waals surface area contributed by atoms with Crippen molar-refractivity contribution in [2.24, 2.45) is 11.7 Å². The van der Waals surface area contributed by atoms with Crippen molar-refractivity contribution in [3.05, 3.63) is 35.4 Å². The minimum atomic E-state index is -0.0579. The van der Waals surface area contributed by atoms with Crippen molar-refractivity contribution in [2.75, 3.05) is 6.54 Å². The molecule has 1 aliphatic rings. The Morgan fingerprint density at radius 3 is 2.55 bits per heavy atom. The fraction of sp³-hybridized carbons (Fsp3) is 0.562. The number of nitrogens with two attached hydrogens (primary N) is 1. The maximum Gasteiger partial charge on any atom is 0.251 e. The zero-order valence-electron chi connectivity index (χ0n) is 12.3. The van der Waals surface area contributed by atoms with Crippen LogP contribution in [-0.4, -0.2) is 24.6 Å². The first kappa shape index (κ1) is 15.0. The zero-order chi connectivity index (χ0) is 14.5. The molecule has 1 fully saturated rings. The van der Waals surface area contributed by atoms with Crippen molar-refractivity contribution in [1.82, 2.24) is 5.32 Å². The van der Waals surface area contributed by atoms with Gasteiger partial charge in [-0.05, 0) is 50.3 Å². The molecule has 1 unspecified atom stereocenters. The third kappa shape index (κ3) is 4.62. The SMILES string of the molecule is CC(C)OCc1ccc(C(=O)NCC(N)C2CC2)cc1. The van der Waals surface area contributed by atoms with E-state index in [1.807, 2.05) is 38.1 Å². The molecule has 1 amide bonds. The van der Waals surface area contributed by atoms with Crippen LogP contribution in [0.5, 0.6) is 0 Å². The molecule has 2 rings (SSSR count). The quantitative estimate of drug-likeness (QED) is 0.801. The predicted molar refractivity (Wildman–Crippen MR) is 79.4 cm³/mol. The molecule has 1 aliphatic carbocycles. The number of nitrogens with one attached hydrogen (secondary N) is 1. The standard InChI is InChI=1S/C16H24N2O2/c1-11(2)20-10-12-3-5-14(6-4-12)16(19)18-9-15(17)13-7-8-13/h3-6,11,13,15H,7-10,17H2,1-2H3,(H,18,19). The van der Waals surface area contributed by atoms with Gasteiger partial charge in [0.25, 0.3) is 5.91 Å². The summed E-state index contributed by atoms with van der Waals surface area (Å²) >= 11 is 0. The van der Waals surface area contributed by atoms with Gasteiger partial charge in [-0.3, -0.25) is 4.79 Å². The number of hydrogen-bond acceptors (Lipinski definition) is 3. The van der Waals surface area contributed by atoms with E-state index < -0.39 is 0 Å². The van der Waals surface area contributed by atoms with Crippen molar-refractivity contribution in [1.29, 1.82) is 0 Å². The van der Waals surface area contributed by atoms with Crippen molar-refractivity contribution in [2.45, 2.75) is 45.4 Å². The Balaban J connectivity index is 1.80. The van der Waals surface area contributed by atoms with Crippen LogP contribution in [0.4, 0.5) is 0 Å². The van der Waals surface area contributed by atoms with E-state index in [1.165, 1.54) is 12.8 Å². The van der Waals surface area contributed by atoms with E-state index in [2.05, 4.69) is 5.32 Å². The number of carbonyl (C=O) groups excluding carboxylic acids is 1. The molecular weight excluding hydrogens is 252 g/mol. The van der Waals surface area contributed by atoms with Crippen molar-refractivity contribution < 1.29 is 9.53 Å². The molecule has 1 saturated carbocycles. The highest BCUT2D eigenvalue weighted by Crippen LogP contribution is 2.31. The Kier molecular flexibility index (Phi) is 5.15. The van der Waals surface area contributed by atoms with Gasteiger partial charge in [0.1, 0.15) is 0 Å². The zero-order valence-corrected chi connectivity index (χ0v) is 12.3. The summed E-state index contributed by atoms with van der Waals surface area (Å²) in [5.41, 5.74) is 7.71. The Morgan fingerprint density at radius 1 is 1.35 bits per heavy atom. The van der Waals surface area contributed by atoms with Crippen molar-refractivity contribution in [3.8, 4) is 0 Å². The number of ether oxygens (including phenoxy) is 1. The first-order chi connectivity index (χ1) is 9.56. The van der Waals surface area contributed by atoms with Gasteiger partial charge in [-0.2, -0.15) is 0 Å². The molecule has 1 aromatic carbocycles. The monoisotopic (exact) mass is 276 g/mol. The van der Waals surface area contributed by atoms with E-state index in [-0.39, 0.29) is 18.1 Å². The van der Waals surface area contributed by atoms with E-state index >= 15 is 0 Å². The largest absolute Gasteiger partial charge is 0.374 e. The van der Waals surface area contributed by atoms with Gasteiger partial charge in [0.2, 0.25) is 0 Å². The first-order valence-corrected chi connectivity index (χ1v) is 7.30. The maximum atomic E-state index is 12.0. The smallest absolute Gasteiger partial charge is 0.251 e. The van der Waals surface area contributed by atoms with Crippen LogP contribution in [0.2, 0.25) is 0 Å². The summed E-state index contributed by atoms with van der Waals surface area (Å²) in [7, 11) is 0. The lowest BCUT2D eigenvalue weighted by molar-refractivity contribution is 0.0657. The molecule has 0 aliphatic heterocycles. The first-order valence-electron chi connectivity index (χ1n) is 7.30. The average Bonchev–Trinajstić information content (AvgIpc) is 3.27. The van der Waals surface area contributed by atoms with Crippen LogP contribution in [0.1, 0.15) is 42.6 Å². The molecule has 0 heterocycles. The number of benzene rings is 1. The van der Waals surface area contributed by atoms with Crippen LogP contribution in [0.15, 0.2) is 24.3 Å². The summed E-state index contributed by atoms with van der Waals surface area (Å²) in [6.07, 6.45) is 2.60. The van der Waals surface area contributed by atoms with E-state index in [4.69, 9.17) is 10.5 Å². The van der Waals surface area contributed by atoms with Gasteiger partial charge in [-0.15, -0.1) is 0 Å². The maximum absolute atomic E-state index is 12.0. The Hall–Kier alpha value is -1.39. The lowest BCUT2D eigenvalue weighted by atomic mass is 10.1. The van der Waals surface area contributed by atoms with Gasteiger partial charge in [0.05, 0.1) is 12.7 Å². The van der Waals surface area contributed by atoms with Crippen LogP contribution in [0, 0.1) is 5.92 Å². The molecule has 0 spiro atoms. The molecule has 1 atom stereocenters. The fourth-order valence-corrected chi connectivity index (χ4v) is 2.02. The van der Waals surface area contributed by atoms with E-state index in [9.17, 15) is 4.79 Å². The summed E-state index contributed by atoms with van der Waals surface area (Å²) in [6, 6.07) is 7.61. The average molecular weight is 276 g/mol. The molecule has 1 aromatic rings. The molecule has 0 bridgehead atoms. The van der Waals surface area contributed by atoms with Crippen LogP contribution in [-0.2, 0) is 11.3 Å². The highest BCUT2D eigenvalue weighted by molar-refractivity contribution is 5.94. The molecular formula is C16H24N2O2. The van der Waals surface area contributed by atoms with Crippen LogP contribution < -0.4 is 11.1 Å². The Bertz CT molecular complexity index is 438. The normalized spacial score (nSPS) is 16.2. The summed E-state index contributed by atoms with van der Waals surface area (Å²) in [4.78, 5) is 12.0. The number of rotatable bonds is 7. The highest BCUT2D eigenvalue weighted by Gasteiger charge is 2.28. The summed E-state index contributed by atoms with van der Waals surface area (Å²) < 4.78 is 5.52. The van der Waals surface area contributed by atoms with Crippen molar-refractivity contribution in [3.63, 3.8) is 0 Å². The van der Waals surface area contributed by atoms with E-state index in [1.54, 1.807) is 0 Å². The topological polar surface area (TPSA) is 64.3 Å². The minimum Gasteiger partial charge on any atom is -0.374 e. The van der Waals surface area contributed by atoms with Crippen molar-refractivity contribution >= 4 is 5.91 Å². The molecule has 0 saturated heterocycles. The van der Waals surface area contributed by atoms with Crippen LogP contribution in [0.25, 0.3) is 0 Å². The number of amides is 1. The molecule has 110 valence electrons. The molecule has 0 aromatic heterocycles. The van der Waals surface area contributed by atoms with E-state index in [0.29, 0.717) is 24.6 Å². The molecule has 4 heteroatoms. The highest BCUT2D eigenvalue weighted by atomic mass is 16.5. The number of hydrogen-bond donors (Lipinski definition) is 2. The molecule has 4 nitrogen and oxygen atoms in total. The molecule has 20 heavy (non-hydrogen) atoms. The van der Waals surface area contributed by atoms with Gasteiger partial charge >= 0.3 is 0 Å². The third-order valence-electron chi connectivity index (χ3n) is 3.53. The third-order valence-corrected chi connectivity index (χ3v) is 3.53. The minimum absolute atomic E-state index is 0.0579. The van der Waals surface area contributed by atoms with Gasteiger partial charge in [0.15, 0.2) is 0 Å². The lowest BCUT2D eigenvalue weighted by Gasteiger charge is -2.12. The van der Waals surface area contributed by atoms with E-state index in [0.717, 1.165) is 5.56 Å². The summed E-state index contributed by atoms with van der Waals surface area (Å²) in [5, 5.41) is 2.89. The van der Waals surface area contributed by atoms with Crippen LogP contribution >= 0.6 is 0 Å². The second kappa shape index (κ2) is 6.86. The second-order valence-electron chi connectivity index (χ2n) is 5.77. The van der Waals surface area contributed by atoms with Gasteiger partial charge < -0.3 is 15.8 Å². The van der Waals surface area contributed by atoms with Gasteiger partial charge in [-0.25, -0.2) is 0 Å². The summed E-state index contributed by atoms with van der Waals surface area (Å²) in [6.45, 7) is 5.14. The van der Waals surface area contributed by atoms with Crippen LogP contribution in [0.3, 0.4) is 0 Å². The fourth-order valence-electron chi connectivity index (χ4n) is 2.02. The Morgan fingerprint density at radius 2 is 2.00 bits per heavy atom. The molecule has 0 radical (unpaired) electrons. The van der Waals surface area contributed by atoms with Gasteiger partial charge in [-0.1, -0.05) is 12.1 Å². The second-order valence-corrected chi connectivity index (χ2v) is 5.77. The summed E-state index contributed by atoms with van der Waals surface area (Å²) in [5.74, 6) is 0.545. The lowest BCUT2D eigenvalue weighted by Crippen LogP contribution is -2.38. The molecule has 3 N–H and O–H groups in total.